The zero-order valence-electron chi connectivity index (χ0n) is 19.9. The number of hydrogen-bond donors (Lipinski definition) is 1. The van der Waals surface area contributed by atoms with E-state index in [2.05, 4.69) is 10.4 Å². The second-order valence-electron chi connectivity index (χ2n) is 8.85. The number of anilines is 1. The van der Waals surface area contributed by atoms with Gasteiger partial charge in [0.25, 0.3) is 0 Å². The van der Waals surface area contributed by atoms with E-state index in [4.69, 9.17) is 0 Å². The molecule has 1 fully saturated rings. The zero-order chi connectivity index (χ0) is 24.9. The largest absolute Gasteiger partial charge is 0.353 e. The molecule has 9 nitrogen and oxygen atoms in total. The smallest absolute Gasteiger partial charge is 0.244 e. The Balaban J connectivity index is 1.57. The minimum Gasteiger partial charge on any atom is -0.353 e. The molecule has 3 heterocycles. The quantitative estimate of drug-likeness (QED) is 0.600. The molecule has 2 aliphatic heterocycles. The molecule has 0 bridgehead atoms. The van der Waals surface area contributed by atoms with Crippen molar-refractivity contribution >= 4 is 27.5 Å². The molecule has 1 N–H and O–H groups in total. The minimum absolute atomic E-state index is 0.0755. The van der Waals surface area contributed by atoms with E-state index in [1.165, 1.54) is 17.3 Å². The van der Waals surface area contributed by atoms with Crippen LogP contribution >= 0.6 is 0 Å². The first-order valence-corrected chi connectivity index (χ1v) is 13.0. The van der Waals surface area contributed by atoms with E-state index in [1.54, 1.807) is 28.6 Å². The summed E-state index contributed by atoms with van der Waals surface area (Å²) in [6.45, 7) is 6.03. The Morgan fingerprint density at radius 3 is 2.54 bits per heavy atom. The van der Waals surface area contributed by atoms with E-state index in [-0.39, 0.29) is 29.8 Å². The summed E-state index contributed by atoms with van der Waals surface area (Å²) in [6, 6.07) is 13.3. The summed E-state index contributed by atoms with van der Waals surface area (Å²) in [5.74, 6) is -0.448. The fourth-order valence-electron chi connectivity index (χ4n) is 5.05. The summed E-state index contributed by atoms with van der Waals surface area (Å²) in [5, 5.41) is 7.45. The van der Waals surface area contributed by atoms with E-state index >= 15 is 0 Å². The van der Waals surface area contributed by atoms with Crippen molar-refractivity contribution in [1.29, 1.82) is 0 Å². The van der Waals surface area contributed by atoms with Crippen molar-refractivity contribution in [3.63, 3.8) is 0 Å². The number of benzene rings is 2. The standard InChI is InChI=1S/C25H27N5O4S/c1-16-23(17(2)30(27-16)20-7-5-4-6-8-20)24-25(32)26-12-14-29(24)35(33,34)21-9-10-22-19(15-21)11-13-28(22)18(3)31/h4-10,15,24H,11-14H2,1-3H3,(H,26,32)/t24-/m1/s1. The molecular weight excluding hydrogens is 466 g/mol. The van der Waals surface area contributed by atoms with Crippen molar-refractivity contribution in [2.45, 2.75) is 38.1 Å². The summed E-state index contributed by atoms with van der Waals surface area (Å²) in [5.41, 5.74) is 4.27. The molecule has 2 aromatic carbocycles. The molecule has 0 spiro atoms. The van der Waals surface area contributed by atoms with E-state index in [0.717, 1.165) is 16.9 Å². The molecule has 182 valence electrons. The number of para-hydroxylation sites is 1. The third kappa shape index (κ3) is 3.82. The van der Waals surface area contributed by atoms with Gasteiger partial charge in [-0.25, -0.2) is 13.1 Å². The van der Waals surface area contributed by atoms with Crippen molar-refractivity contribution in [2.24, 2.45) is 0 Å². The molecule has 1 saturated heterocycles. The molecule has 2 aliphatic rings. The van der Waals surface area contributed by atoms with Crippen LogP contribution in [-0.4, -0.2) is 54.0 Å². The van der Waals surface area contributed by atoms with E-state index in [0.29, 0.717) is 29.9 Å². The number of nitrogens with one attached hydrogen (secondary N) is 1. The number of aromatic nitrogens is 2. The second kappa shape index (κ2) is 8.62. The number of rotatable bonds is 4. The van der Waals surface area contributed by atoms with Gasteiger partial charge in [0.2, 0.25) is 21.8 Å². The molecule has 2 amide bonds. The van der Waals surface area contributed by atoms with Gasteiger partial charge < -0.3 is 10.2 Å². The Morgan fingerprint density at radius 2 is 1.83 bits per heavy atom. The van der Waals surface area contributed by atoms with Gasteiger partial charge in [-0.1, -0.05) is 18.2 Å². The molecule has 1 atom stereocenters. The Morgan fingerprint density at radius 1 is 1.09 bits per heavy atom. The van der Waals surface area contributed by atoms with Crippen molar-refractivity contribution in [3.8, 4) is 5.69 Å². The third-order valence-electron chi connectivity index (χ3n) is 6.72. The highest BCUT2D eigenvalue weighted by atomic mass is 32.2. The Bertz CT molecular complexity index is 1430. The molecule has 0 radical (unpaired) electrons. The summed E-state index contributed by atoms with van der Waals surface area (Å²) < 4.78 is 30.8. The SMILES string of the molecule is CC(=O)N1CCc2cc(S(=O)(=O)N3CCNC(=O)[C@H]3c3c(C)nn(-c4ccccc4)c3C)ccc21. The number of amides is 2. The fourth-order valence-corrected chi connectivity index (χ4v) is 6.66. The monoisotopic (exact) mass is 493 g/mol. The van der Waals surface area contributed by atoms with Crippen LogP contribution in [-0.2, 0) is 26.0 Å². The predicted molar refractivity (Wildman–Crippen MR) is 131 cm³/mol. The first-order valence-electron chi connectivity index (χ1n) is 11.5. The molecule has 10 heteroatoms. The highest BCUT2D eigenvalue weighted by molar-refractivity contribution is 7.89. The van der Waals surface area contributed by atoms with Crippen LogP contribution in [0.15, 0.2) is 53.4 Å². The lowest BCUT2D eigenvalue weighted by atomic mass is 10.0. The second-order valence-corrected chi connectivity index (χ2v) is 10.7. The van der Waals surface area contributed by atoms with Gasteiger partial charge in [0.15, 0.2) is 0 Å². The summed E-state index contributed by atoms with van der Waals surface area (Å²) in [4.78, 5) is 26.8. The zero-order valence-corrected chi connectivity index (χ0v) is 20.7. The van der Waals surface area contributed by atoms with Gasteiger partial charge in [0.1, 0.15) is 6.04 Å². The van der Waals surface area contributed by atoms with Crippen LogP contribution in [0.3, 0.4) is 0 Å². The average Bonchev–Trinajstić information content (AvgIpc) is 3.40. The Kier molecular flexibility index (Phi) is 5.72. The third-order valence-corrected chi connectivity index (χ3v) is 8.58. The van der Waals surface area contributed by atoms with Crippen LogP contribution in [0.5, 0.6) is 0 Å². The molecule has 0 unspecified atom stereocenters. The lowest BCUT2D eigenvalue weighted by Gasteiger charge is -2.34. The van der Waals surface area contributed by atoms with Crippen molar-refractivity contribution in [3.05, 3.63) is 71.0 Å². The van der Waals surface area contributed by atoms with Crippen molar-refractivity contribution in [1.82, 2.24) is 19.4 Å². The maximum absolute atomic E-state index is 13.9. The predicted octanol–water partition coefficient (Wildman–Crippen LogP) is 2.26. The van der Waals surface area contributed by atoms with Crippen molar-refractivity contribution < 1.29 is 18.0 Å². The number of sulfonamides is 1. The van der Waals surface area contributed by atoms with Crippen LogP contribution < -0.4 is 10.2 Å². The average molecular weight is 494 g/mol. The number of aryl methyl sites for hydroxylation is 1. The number of carbonyl (C=O) groups is 2. The number of piperazine rings is 1. The number of carbonyl (C=O) groups excluding carboxylic acids is 2. The van der Waals surface area contributed by atoms with Gasteiger partial charge in [0.05, 0.1) is 16.3 Å². The topological polar surface area (TPSA) is 105 Å². The molecule has 35 heavy (non-hydrogen) atoms. The number of fused-ring (bicyclic) bond motifs is 1. The van der Waals surface area contributed by atoms with Gasteiger partial charge in [-0.2, -0.15) is 9.40 Å². The van der Waals surface area contributed by atoms with Crippen LogP contribution in [0.2, 0.25) is 0 Å². The molecule has 0 aliphatic carbocycles. The first-order chi connectivity index (χ1) is 16.7. The molecule has 1 aromatic heterocycles. The summed E-state index contributed by atoms with van der Waals surface area (Å²) in [7, 11) is -4.01. The Labute approximate surface area is 204 Å². The Hall–Kier alpha value is -3.50. The van der Waals surface area contributed by atoms with Crippen LogP contribution in [0.25, 0.3) is 5.69 Å². The number of hydrogen-bond acceptors (Lipinski definition) is 5. The van der Waals surface area contributed by atoms with E-state index in [9.17, 15) is 18.0 Å². The lowest BCUT2D eigenvalue weighted by molar-refractivity contribution is -0.127. The molecule has 5 rings (SSSR count). The fraction of sp³-hybridized carbons (Fsp3) is 0.320. The van der Waals surface area contributed by atoms with Crippen LogP contribution in [0.4, 0.5) is 5.69 Å². The van der Waals surface area contributed by atoms with Gasteiger partial charge in [-0.15, -0.1) is 0 Å². The van der Waals surface area contributed by atoms with E-state index < -0.39 is 16.1 Å². The van der Waals surface area contributed by atoms with Crippen molar-refractivity contribution in [2.75, 3.05) is 24.5 Å². The highest BCUT2D eigenvalue weighted by Gasteiger charge is 2.42. The molecule has 3 aromatic rings. The maximum atomic E-state index is 13.9. The van der Waals surface area contributed by atoms with Crippen LogP contribution in [0.1, 0.15) is 35.5 Å². The summed E-state index contributed by atoms with van der Waals surface area (Å²) >= 11 is 0. The maximum Gasteiger partial charge on any atom is 0.244 e. The van der Waals surface area contributed by atoms with Gasteiger partial charge >= 0.3 is 0 Å². The van der Waals surface area contributed by atoms with Crippen LogP contribution in [0, 0.1) is 13.8 Å². The van der Waals surface area contributed by atoms with Gasteiger partial charge in [0, 0.05) is 43.5 Å². The number of nitrogens with zero attached hydrogens (tertiary/aromatic N) is 4. The lowest BCUT2D eigenvalue weighted by Crippen LogP contribution is -2.52. The van der Waals surface area contributed by atoms with Gasteiger partial charge in [-0.3, -0.25) is 9.59 Å². The van der Waals surface area contributed by atoms with Gasteiger partial charge in [-0.05, 0) is 56.2 Å². The highest BCUT2D eigenvalue weighted by Crippen LogP contribution is 2.36. The molecular formula is C25H27N5O4S. The molecule has 0 saturated carbocycles. The normalized spacial score (nSPS) is 18.4. The van der Waals surface area contributed by atoms with E-state index in [1.807, 2.05) is 37.3 Å². The first kappa shape index (κ1) is 23.3. The summed E-state index contributed by atoms with van der Waals surface area (Å²) in [6.07, 6.45) is 0.588. The minimum atomic E-state index is -4.01.